The van der Waals surface area contributed by atoms with Crippen LogP contribution in [-0.4, -0.2) is 67.2 Å². The van der Waals surface area contributed by atoms with Gasteiger partial charge in [-0.1, -0.05) is 19.9 Å². The highest BCUT2D eigenvalue weighted by Crippen LogP contribution is 1.93. The molecule has 0 fully saturated rings. The summed E-state index contributed by atoms with van der Waals surface area (Å²) in [4.78, 5) is 9.25. The number of ether oxygens (including phenoxy) is 3. The maximum absolute atomic E-state index is 9.25. The van der Waals surface area contributed by atoms with E-state index in [0.717, 1.165) is 18.9 Å². The van der Waals surface area contributed by atoms with Crippen LogP contribution < -0.4 is 0 Å². The molecule has 1 unspecified atom stereocenters. The van der Waals surface area contributed by atoms with Gasteiger partial charge in [0.05, 0.1) is 33.0 Å². The van der Waals surface area contributed by atoms with Crippen LogP contribution in [0.5, 0.6) is 0 Å². The van der Waals surface area contributed by atoms with Gasteiger partial charge in [-0.05, 0) is 6.42 Å². The summed E-state index contributed by atoms with van der Waals surface area (Å²) in [6.45, 7) is 6.89. The lowest BCUT2D eigenvalue weighted by molar-refractivity contribution is -0.141. The van der Waals surface area contributed by atoms with Crippen molar-refractivity contribution in [3.05, 3.63) is 12.7 Å². The summed E-state index contributed by atoms with van der Waals surface area (Å²) in [6, 6.07) is 0. The van der Waals surface area contributed by atoms with Gasteiger partial charge in [0, 0.05) is 12.7 Å². The molecule has 0 bridgehead atoms. The molecular weight excluding hydrogens is 268 g/mol. The van der Waals surface area contributed by atoms with Crippen molar-refractivity contribution < 1.29 is 34.3 Å². The van der Waals surface area contributed by atoms with Gasteiger partial charge in [0.25, 0.3) is 0 Å². The first kappa shape index (κ1) is 21.3. The first-order chi connectivity index (χ1) is 9.58. The fraction of sp³-hybridized carbons (Fsp3) is 0.769. The maximum atomic E-state index is 9.25. The molecule has 120 valence electrons. The van der Waals surface area contributed by atoms with Crippen molar-refractivity contribution in [2.24, 2.45) is 0 Å². The summed E-state index contributed by atoms with van der Waals surface area (Å²) in [7, 11) is 0. The molecule has 0 heterocycles. The second-order valence-corrected chi connectivity index (χ2v) is 3.63. The Kier molecular flexibility index (Phi) is 19.2. The lowest BCUT2D eigenvalue weighted by atomic mass is 10.4. The number of carbonyl (C=O) groups is 1. The summed E-state index contributed by atoms with van der Waals surface area (Å²) < 4.78 is 15.1. The summed E-state index contributed by atoms with van der Waals surface area (Å²) >= 11 is 0. The second-order valence-electron chi connectivity index (χ2n) is 3.63. The lowest BCUT2D eigenvalue weighted by Crippen LogP contribution is -2.21. The summed E-state index contributed by atoms with van der Waals surface area (Å²) in [5, 5.41) is 25.3. The van der Waals surface area contributed by atoms with E-state index in [1.165, 1.54) is 0 Å². The molecule has 0 aromatic heterocycles. The smallest absolute Gasteiger partial charge is 0.327 e. The van der Waals surface area contributed by atoms with Gasteiger partial charge in [0.1, 0.15) is 0 Å². The molecule has 7 heteroatoms. The Labute approximate surface area is 119 Å². The van der Waals surface area contributed by atoms with Crippen molar-refractivity contribution in [3.8, 4) is 0 Å². The van der Waals surface area contributed by atoms with Crippen molar-refractivity contribution in [2.45, 2.75) is 26.1 Å². The average Bonchev–Trinajstić information content (AvgIpc) is 2.43. The SMILES string of the molecule is C=CC(=O)O.CCCCOC(O)COCCOCCO. The van der Waals surface area contributed by atoms with Crippen LogP contribution >= 0.6 is 0 Å². The van der Waals surface area contributed by atoms with E-state index in [1.807, 2.05) is 0 Å². The van der Waals surface area contributed by atoms with Gasteiger partial charge >= 0.3 is 5.97 Å². The van der Waals surface area contributed by atoms with E-state index in [0.29, 0.717) is 26.4 Å². The van der Waals surface area contributed by atoms with E-state index in [-0.39, 0.29) is 13.2 Å². The monoisotopic (exact) mass is 294 g/mol. The Bertz CT molecular complexity index is 221. The maximum Gasteiger partial charge on any atom is 0.327 e. The van der Waals surface area contributed by atoms with Crippen molar-refractivity contribution in [2.75, 3.05) is 39.6 Å². The molecule has 3 N–H and O–H groups in total. The van der Waals surface area contributed by atoms with Gasteiger partial charge in [0.2, 0.25) is 0 Å². The molecule has 0 aliphatic carbocycles. The number of carboxylic acid groups (broad SMARTS) is 1. The van der Waals surface area contributed by atoms with Crippen molar-refractivity contribution in [1.29, 1.82) is 0 Å². The van der Waals surface area contributed by atoms with Crippen LogP contribution in [0, 0.1) is 0 Å². The molecule has 0 radical (unpaired) electrons. The molecule has 0 aromatic carbocycles. The van der Waals surface area contributed by atoms with Gasteiger partial charge < -0.3 is 29.5 Å². The number of hydrogen-bond acceptors (Lipinski definition) is 6. The van der Waals surface area contributed by atoms with E-state index < -0.39 is 12.3 Å². The van der Waals surface area contributed by atoms with Crippen LogP contribution in [0.15, 0.2) is 12.7 Å². The van der Waals surface area contributed by atoms with Crippen LogP contribution in [-0.2, 0) is 19.0 Å². The molecule has 7 nitrogen and oxygen atoms in total. The zero-order valence-corrected chi connectivity index (χ0v) is 12.0. The minimum Gasteiger partial charge on any atom is -0.478 e. The Hall–Kier alpha value is -0.990. The minimum atomic E-state index is -0.981. The topological polar surface area (TPSA) is 105 Å². The molecule has 0 aliphatic heterocycles. The van der Waals surface area contributed by atoms with E-state index in [2.05, 4.69) is 13.5 Å². The number of aliphatic hydroxyl groups is 2. The lowest BCUT2D eigenvalue weighted by Gasteiger charge is -2.12. The van der Waals surface area contributed by atoms with Crippen LogP contribution in [0.2, 0.25) is 0 Å². The molecule has 1 atom stereocenters. The minimum absolute atomic E-state index is 0.0166. The van der Waals surface area contributed by atoms with Crippen LogP contribution in [0.4, 0.5) is 0 Å². The molecule has 20 heavy (non-hydrogen) atoms. The van der Waals surface area contributed by atoms with E-state index >= 15 is 0 Å². The molecule has 0 aromatic rings. The first-order valence-corrected chi connectivity index (χ1v) is 6.49. The fourth-order valence-electron chi connectivity index (χ4n) is 0.880. The van der Waals surface area contributed by atoms with Crippen molar-refractivity contribution in [1.82, 2.24) is 0 Å². The predicted octanol–water partition coefficient (Wildman–Crippen LogP) is 0.404. The molecule has 0 spiro atoms. The van der Waals surface area contributed by atoms with E-state index in [1.54, 1.807) is 0 Å². The number of hydrogen-bond donors (Lipinski definition) is 3. The number of aliphatic carboxylic acids is 1. The molecule has 0 aliphatic rings. The number of carboxylic acids is 1. The highest BCUT2D eigenvalue weighted by Gasteiger charge is 2.02. The fourth-order valence-corrected chi connectivity index (χ4v) is 0.880. The molecule has 0 saturated heterocycles. The van der Waals surface area contributed by atoms with Crippen LogP contribution in [0.3, 0.4) is 0 Å². The largest absolute Gasteiger partial charge is 0.478 e. The van der Waals surface area contributed by atoms with Gasteiger partial charge in [-0.25, -0.2) is 4.79 Å². The zero-order chi connectivity index (χ0) is 15.6. The number of unbranched alkanes of at least 4 members (excludes halogenated alkanes) is 1. The van der Waals surface area contributed by atoms with Gasteiger partial charge in [0.15, 0.2) is 6.29 Å². The van der Waals surface area contributed by atoms with Crippen LogP contribution in [0.1, 0.15) is 19.8 Å². The highest BCUT2D eigenvalue weighted by atomic mass is 16.6. The van der Waals surface area contributed by atoms with E-state index in [4.69, 9.17) is 24.4 Å². The molecule has 0 rings (SSSR count). The second kappa shape index (κ2) is 18.0. The summed E-state index contributed by atoms with van der Waals surface area (Å²) in [5.74, 6) is -0.981. The number of aliphatic hydroxyl groups excluding tert-OH is 2. The molecular formula is C13H26O7. The predicted molar refractivity (Wildman–Crippen MR) is 73.4 cm³/mol. The molecule has 0 saturated carbocycles. The third-order valence-electron chi connectivity index (χ3n) is 1.85. The quantitative estimate of drug-likeness (QED) is 0.272. The summed E-state index contributed by atoms with van der Waals surface area (Å²) in [5.41, 5.74) is 0. The third kappa shape index (κ3) is 22.2. The third-order valence-corrected chi connectivity index (χ3v) is 1.85. The Morgan fingerprint density at radius 1 is 1.25 bits per heavy atom. The van der Waals surface area contributed by atoms with E-state index in [9.17, 15) is 9.90 Å². The van der Waals surface area contributed by atoms with Crippen LogP contribution in [0.25, 0.3) is 0 Å². The molecule has 0 amide bonds. The highest BCUT2D eigenvalue weighted by molar-refractivity contribution is 5.78. The standard InChI is InChI=1S/C10H22O5.C3H4O2/c1-2-3-5-15-10(12)9-14-8-7-13-6-4-11;1-2-3(4)5/h10-12H,2-9H2,1H3;2H,1H2,(H,4,5). The first-order valence-electron chi connectivity index (χ1n) is 6.49. The Morgan fingerprint density at radius 3 is 2.35 bits per heavy atom. The normalized spacial score (nSPS) is 11.3. The van der Waals surface area contributed by atoms with Gasteiger partial charge in [-0.15, -0.1) is 0 Å². The van der Waals surface area contributed by atoms with Gasteiger partial charge in [-0.2, -0.15) is 0 Å². The summed E-state index contributed by atoms with van der Waals surface area (Å²) in [6.07, 6.45) is 1.97. The zero-order valence-electron chi connectivity index (χ0n) is 12.0. The average molecular weight is 294 g/mol. The Morgan fingerprint density at radius 2 is 1.85 bits per heavy atom. The number of rotatable bonds is 12. The Balaban J connectivity index is 0. The van der Waals surface area contributed by atoms with Gasteiger partial charge in [-0.3, -0.25) is 0 Å². The van der Waals surface area contributed by atoms with Crippen molar-refractivity contribution in [3.63, 3.8) is 0 Å². The van der Waals surface area contributed by atoms with Crippen molar-refractivity contribution >= 4 is 5.97 Å².